The molecule has 4 heteroatoms. The van der Waals surface area contributed by atoms with Crippen LogP contribution in [0.4, 0.5) is 0 Å². The largest absolute Gasteiger partial charge is 0.464 e. The van der Waals surface area contributed by atoms with Crippen LogP contribution >= 0.6 is 0 Å². The van der Waals surface area contributed by atoms with Crippen LogP contribution in [-0.2, 0) is 14.3 Å². The van der Waals surface area contributed by atoms with Crippen molar-refractivity contribution in [1.82, 2.24) is 4.90 Å². The van der Waals surface area contributed by atoms with Gasteiger partial charge in [-0.25, -0.2) is 0 Å². The maximum atomic E-state index is 11.8. The fraction of sp³-hybridized carbons (Fsp3) is 0.905. The highest BCUT2D eigenvalue weighted by Crippen LogP contribution is 2.10. The fourth-order valence-electron chi connectivity index (χ4n) is 2.82. The Kier molecular flexibility index (Phi) is 17.0. The maximum Gasteiger partial charge on any atom is 0.325 e. The van der Waals surface area contributed by atoms with Crippen LogP contribution in [0.2, 0.25) is 0 Å². The normalized spacial score (nSPS) is 10.7. The Morgan fingerprint density at radius 2 is 1.20 bits per heavy atom. The van der Waals surface area contributed by atoms with Gasteiger partial charge in [0.1, 0.15) is 6.54 Å². The SMILES string of the molecule is CCCCCCCCCCCCOC(=O)CN(C)C(=O)CCCCC. The van der Waals surface area contributed by atoms with Gasteiger partial charge < -0.3 is 9.64 Å². The van der Waals surface area contributed by atoms with Gasteiger partial charge in [0.15, 0.2) is 0 Å². The molecule has 0 saturated carbocycles. The van der Waals surface area contributed by atoms with Gasteiger partial charge in [-0.15, -0.1) is 0 Å². The van der Waals surface area contributed by atoms with Gasteiger partial charge in [-0.2, -0.15) is 0 Å². The molecule has 4 nitrogen and oxygen atoms in total. The van der Waals surface area contributed by atoms with Crippen LogP contribution in [0.3, 0.4) is 0 Å². The third-order valence-corrected chi connectivity index (χ3v) is 4.55. The maximum absolute atomic E-state index is 11.8. The smallest absolute Gasteiger partial charge is 0.325 e. The van der Waals surface area contributed by atoms with Gasteiger partial charge in [-0.1, -0.05) is 84.5 Å². The highest BCUT2D eigenvalue weighted by molar-refractivity contribution is 5.81. The molecule has 0 aromatic rings. The van der Waals surface area contributed by atoms with E-state index in [9.17, 15) is 9.59 Å². The molecule has 0 bridgehead atoms. The third-order valence-electron chi connectivity index (χ3n) is 4.55. The molecule has 0 saturated heterocycles. The van der Waals surface area contributed by atoms with E-state index >= 15 is 0 Å². The highest BCUT2D eigenvalue weighted by Gasteiger charge is 2.13. The second-order valence-electron chi connectivity index (χ2n) is 7.11. The topological polar surface area (TPSA) is 46.6 Å². The number of hydrogen-bond acceptors (Lipinski definition) is 3. The van der Waals surface area contributed by atoms with Crippen molar-refractivity contribution in [3.05, 3.63) is 0 Å². The summed E-state index contributed by atoms with van der Waals surface area (Å²) >= 11 is 0. The standard InChI is InChI=1S/C21H41NO3/c1-4-6-8-9-10-11-12-13-14-16-18-25-21(24)19-22(3)20(23)17-15-7-5-2/h4-19H2,1-3H3. The zero-order chi connectivity index (χ0) is 18.8. The highest BCUT2D eigenvalue weighted by atomic mass is 16.5. The number of likely N-dealkylation sites (N-methyl/N-ethyl adjacent to an activating group) is 1. The molecule has 1 amide bonds. The number of amides is 1. The van der Waals surface area contributed by atoms with Crippen molar-refractivity contribution in [1.29, 1.82) is 0 Å². The van der Waals surface area contributed by atoms with Crippen molar-refractivity contribution in [2.24, 2.45) is 0 Å². The van der Waals surface area contributed by atoms with Crippen molar-refractivity contribution < 1.29 is 14.3 Å². The van der Waals surface area contributed by atoms with Gasteiger partial charge in [0.2, 0.25) is 5.91 Å². The molecular weight excluding hydrogens is 314 g/mol. The minimum Gasteiger partial charge on any atom is -0.464 e. The van der Waals surface area contributed by atoms with E-state index in [1.165, 1.54) is 56.3 Å². The lowest BCUT2D eigenvalue weighted by atomic mass is 10.1. The van der Waals surface area contributed by atoms with Gasteiger partial charge in [0.05, 0.1) is 6.61 Å². The average Bonchev–Trinajstić information content (AvgIpc) is 2.59. The van der Waals surface area contributed by atoms with Crippen LogP contribution < -0.4 is 0 Å². The zero-order valence-electron chi connectivity index (χ0n) is 17.0. The van der Waals surface area contributed by atoms with Crippen LogP contribution in [0.5, 0.6) is 0 Å². The monoisotopic (exact) mass is 355 g/mol. The molecule has 0 N–H and O–H groups in total. The van der Waals surface area contributed by atoms with Crippen LogP contribution in [0.25, 0.3) is 0 Å². The van der Waals surface area contributed by atoms with Crippen LogP contribution in [0.1, 0.15) is 104 Å². The molecule has 0 atom stereocenters. The van der Waals surface area contributed by atoms with Gasteiger partial charge in [-0.05, 0) is 12.8 Å². The summed E-state index contributed by atoms with van der Waals surface area (Å²) in [4.78, 5) is 25.0. The minimum atomic E-state index is -0.290. The van der Waals surface area contributed by atoms with Crippen LogP contribution in [-0.4, -0.2) is 37.0 Å². The summed E-state index contributed by atoms with van der Waals surface area (Å²) < 4.78 is 5.23. The molecule has 25 heavy (non-hydrogen) atoms. The number of rotatable bonds is 17. The number of nitrogens with zero attached hydrogens (tertiary/aromatic N) is 1. The molecule has 0 unspecified atom stereocenters. The van der Waals surface area contributed by atoms with E-state index in [4.69, 9.17) is 4.74 Å². The number of ether oxygens (including phenoxy) is 1. The molecule has 0 radical (unpaired) electrons. The van der Waals surface area contributed by atoms with E-state index in [0.717, 1.165) is 32.1 Å². The van der Waals surface area contributed by atoms with E-state index in [1.807, 2.05) is 0 Å². The Balaban J connectivity index is 3.44. The zero-order valence-corrected chi connectivity index (χ0v) is 17.0. The average molecular weight is 356 g/mol. The predicted molar refractivity (Wildman–Crippen MR) is 105 cm³/mol. The summed E-state index contributed by atoms with van der Waals surface area (Å²) in [6, 6.07) is 0. The first kappa shape index (κ1) is 23.9. The van der Waals surface area contributed by atoms with Crippen molar-refractivity contribution in [2.75, 3.05) is 20.2 Å². The second-order valence-corrected chi connectivity index (χ2v) is 7.11. The first-order chi connectivity index (χ1) is 12.1. The van der Waals surface area contributed by atoms with E-state index in [1.54, 1.807) is 7.05 Å². The predicted octanol–water partition coefficient (Wildman–Crippen LogP) is 5.49. The Labute approximate surface area is 155 Å². The van der Waals surface area contributed by atoms with Gasteiger partial charge in [0.25, 0.3) is 0 Å². The number of esters is 1. The van der Waals surface area contributed by atoms with Crippen molar-refractivity contribution in [2.45, 2.75) is 104 Å². The van der Waals surface area contributed by atoms with Gasteiger partial charge in [0, 0.05) is 13.5 Å². The van der Waals surface area contributed by atoms with E-state index in [0.29, 0.717) is 13.0 Å². The summed E-state index contributed by atoms with van der Waals surface area (Å²) in [6.07, 6.45) is 16.2. The molecule has 0 fully saturated rings. The fourth-order valence-corrected chi connectivity index (χ4v) is 2.82. The number of carbonyl (C=O) groups is 2. The molecule has 0 aliphatic carbocycles. The lowest BCUT2D eigenvalue weighted by Gasteiger charge is -2.16. The number of hydrogen-bond donors (Lipinski definition) is 0. The van der Waals surface area contributed by atoms with Crippen LogP contribution in [0.15, 0.2) is 0 Å². The molecule has 0 aromatic carbocycles. The Morgan fingerprint density at radius 1 is 0.720 bits per heavy atom. The lowest BCUT2D eigenvalue weighted by molar-refractivity contribution is -0.148. The second kappa shape index (κ2) is 17.8. The number of carbonyl (C=O) groups excluding carboxylic acids is 2. The summed E-state index contributed by atoms with van der Waals surface area (Å²) in [5.41, 5.74) is 0. The first-order valence-corrected chi connectivity index (χ1v) is 10.5. The van der Waals surface area contributed by atoms with Gasteiger partial charge in [-0.3, -0.25) is 9.59 Å². The molecule has 0 aliphatic heterocycles. The molecule has 0 rings (SSSR count). The van der Waals surface area contributed by atoms with Crippen LogP contribution in [0, 0.1) is 0 Å². The molecular formula is C21H41NO3. The third kappa shape index (κ3) is 16.2. The van der Waals surface area contributed by atoms with E-state index < -0.39 is 0 Å². The molecule has 0 aliphatic rings. The molecule has 0 heterocycles. The quantitative estimate of drug-likeness (QED) is 0.256. The molecule has 0 aromatic heterocycles. The van der Waals surface area contributed by atoms with Crippen molar-refractivity contribution in [3.63, 3.8) is 0 Å². The van der Waals surface area contributed by atoms with E-state index in [-0.39, 0.29) is 18.4 Å². The first-order valence-electron chi connectivity index (χ1n) is 10.5. The minimum absolute atomic E-state index is 0.0318. The van der Waals surface area contributed by atoms with Crippen molar-refractivity contribution in [3.8, 4) is 0 Å². The summed E-state index contributed by atoms with van der Waals surface area (Å²) in [7, 11) is 1.68. The number of unbranched alkanes of at least 4 members (excludes halogenated alkanes) is 11. The summed E-state index contributed by atoms with van der Waals surface area (Å²) in [6.45, 7) is 4.91. The summed E-state index contributed by atoms with van der Waals surface area (Å²) in [5, 5.41) is 0. The Hall–Kier alpha value is -1.06. The van der Waals surface area contributed by atoms with E-state index in [2.05, 4.69) is 13.8 Å². The summed E-state index contributed by atoms with van der Waals surface area (Å²) in [5.74, 6) is -0.258. The van der Waals surface area contributed by atoms with Crippen molar-refractivity contribution >= 4 is 11.9 Å². The Bertz CT molecular complexity index is 331. The Morgan fingerprint density at radius 3 is 1.76 bits per heavy atom. The lowest BCUT2D eigenvalue weighted by Crippen LogP contribution is -2.33. The molecule has 148 valence electrons. The van der Waals surface area contributed by atoms with Gasteiger partial charge >= 0.3 is 5.97 Å². The molecule has 0 spiro atoms.